The third-order valence-corrected chi connectivity index (χ3v) is 3.43. The Morgan fingerprint density at radius 1 is 1.07 bits per heavy atom. The van der Waals surface area contributed by atoms with E-state index in [-0.39, 0.29) is 25.0 Å². The molecule has 9 heteroatoms. The number of carboxylic acids is 1. The maximum absolute atomic E-state index is 12.1. The number of carbonyl (C=O) groups is 3. The number of carboxylic acid groups (broad SMARTS) is 1. The number of hydrogen-bond donors (Lipinski definition) is 4. The first-order valence-corrected chi connectivity index (χ1v) is 9.98. The Kier molecular flexibility index (Phi) is 19.6. The zero-order valence-corrected chi connectivity index (χ0v) is 18.3. The molecule has 30 heavy (non-hydrogen) atoms. The number of hydrogen-bond acceptors (Lipinski definition) is 6. The smallest absolute Gasteiger partial charge is 0.300 e. The fourth-order valence-corrected chi connectivity index (χ4v) is 2.15. The number of carbonyl (C=O) groups excluding carboxylic acids is 2. The normalized spacial score (nSPS) is 14.3. The molecule has 1 atom stereocenters. The molecule has 0 spiro atoms. The van der Waals surface area contributed by atoms with Crippen molar-refractivity contribution < 1.29 is 34.4 Å². The van der Waals surface area contributed by atoms with Crippen LogP contribution in [0.25, 0.3) is 0 Å². The van der Waals surface area contributed by atoms with Gasteiger partial charge in [-0.1, -0.05) is 38.0 Å². The number of aliphatic hydroxyl groups excluding tert-OH is 2. The Labute approximate surface area is 178 Å². The van der Waals surface area contributed by atoms with Gasteiger partial charge in [0, 0.05) is 20.1 Å². The summed E-state index contributed by atoms with van der Waals surface area (Å²) < 4.78 is 4.83. The van der Waals surface area contributed by atoms with Crippen molar-refractivity contribution in [1.82, 2.24) is 5.43 Å². The molecule has 172 valence electrons. The summed E-state index contributed by atoms with van der Waals surface area (Å²) in [5.74, 6) is -1.68. The van der Waals surface area contributed by atoms with Gasteiger partial charge in [0.1, 0.15) is 5.92 Å². The lowest BCUT2D eigenvalue weighted by Crippen LogP contribution is -2.35. The standard InChI is InChI=1S/C13H16N2O2.C4H10O.C2H4O2.C2H6O2/c1-2-3-9-11-12(16)14-15(13(11)17)10-7-5-4-6-8-10;1-3-5-4-2;1-2(3)4;3-1-2-4/h4-8,11H,2-3,9H2,1H3,(H,14,16);3-4H2,1-2H3;1H3,(H,3,4);3-4H,1-2H2. The van der Waals surface area contributed by atoms with Gasteiger partial charge in [-0.25, -0.2) is 5.01 Å². The first-order valence-electron chi connectivity index (χ1n) is 9.98. The maximum Gasteiger partial charge on any atom is 0.300 e. The quantitative estimate of drug-likeness (QED) is 0.487. The molecule has 1 aliphatic heterocycles. The molecule has 0 aliphatic carbocycles. The number of nitrogens with one attached hydrogen (secondary N) is 1. The number of nitrogens with zero attached hydrogens (tertiary/aromatic N) is 1. The molecule has 0 radical (unpaired) electrons. The molecular formula is C21H36N2O7. The number of benzene rings is 1. The molecule has 0 bridgehead atoms. The highest BCUT2D eigenvalue weighted by Crippen LogP contribution is 2.22. The highest BCUT2D eigenvalue weighted by atomic mass is 16.5. The Morgan fingerprint density at radius 3 is 1.93 bits per heavy atom. The van der Waals surface area contributed by atoms with Crippen LogP contribution in [0.2, 0.25) is 0 Å². The number of ether oxygens (including phenoxy) is 1. The third kappa shape index (κ3) is 14.5. The van der Waals surface area contributed by atoms with Crippen molar-refractivity contribution in [3.05, 3.63) is 30.3 Å². The minimum Gasteiger partial charge on any atom is -0.481 e. The van der Waals surface area contributed by atoms with E-state index in [2.05, 4.69) is 5.43 Å². The number of aliphatic carboxylic acids is 1. The number of amides is 2. The lowest BCUT2D eigenvalue weighted by Gasteiger charge is -2.14. The van der Waals surface area contributed by atoms with Crippen molar-refractivity contribution in [3.8, 4) is 0 Å². The first kappa shape index (κ1) is 29.7. The van der Waals surface area contributed by atoms with Crippen molar-refractivity contribution in [2.45, 2.75) is 47.0 Å². The van der Waals surface area contributed by atoms with Gasteiger partial charge in [-0.05, 0) is 32.4 Å². The van der Waals surface area contributed by atoms with Crippen LogP contribution in [-0.4, -0.2) is 59.5 Å². The van der Waals surface area contributed by atoms with E-state index in [9.17, 15) is 9.59 Å². The molecule has 4 N–H and O–H groups in total. The minimum absolute atomic E-state index is 0.125. The molecule has 1 aromatic rings. The minimum atomic E-state index is -0.833. The van der Waals surface area contributed by atoms with Gasteiger partial charge in [-0.3, -0.25) is 19.8 Å². The summed E-state index contributed by atoms with van der Waals surface area (Å²) in [6, 6.07) is 9.17. The summed E-state index contributed by atoms with van der Waals surface area (Å²) >= 11 is 0. The monoisotopic (exact) mass is 428 g/mol. The number of anilines is 1. The summed E-state index contributed by atoms with van der Waals surface area (Å²) in [5.41, 5.74) is 3.34. The fraction of sp³-hybridized carbons (Fsp3) is 0.571. The summed E-state index contributed by atoms with van der Waals surface area (Å²) in [5, 5.41) is 24.0. The maximum atomic E-state index is 12.1. The largest absolute Gasteiger partial charge is 0.481 e. The van der Waals surface area contributed by atoms with Gasteiger partial charge in [0.15, 0.2) is 0 Å². The summed E-state index contributed by atoms with van der Waals surface area (Å²) in [6.07, 6.45) is 2.51. The van der Waals surface area contributed by atoms with E-state index in [1.165, 1.54) is 5.01 Å². The van der Waals surface area contributed by atoms with E-state index >= 15 is 0 Å². The van der Waals surface area contributed by atoms with Crippen LogP contribution < -0.4 is 10.4 Å². The molecule has 9 nitrogen and oxygen atoms in total. The molecule has 1 fully saturated rings. The van der Waals surface area contributed by atoms with E-state index in [0.29, 0.717) is 12.1 Å². The van der Waals surface area contributed by atoms with Crippen LogP contribution in [0.3, 0.4) is 0 Å². The molecule has 1 aromatic carbocycles. The lowest BCUT2D eigenvalue weighted by molar-refractivity contribution is -0.134. The molecule has 1 heterocycles. The van der Waals surface area contributed by atoms with Crippen LogP contribution in [0.1, 0.15) is 47.0 Å². The zero-order valence-electron chi connectivity index (χ0n) is 18.3. The fourth-order valence-electron chi connectivity index (χ4n) is 2.15. The van der Waals surface area contributed by atoms with Crippen LogP contribution >= 0.6 is 0 Å². The van der Waals surface area contributed by atoms with Gasteiger partial charge in [-0.15, -0.1) is 0 Å². The van der Waals surface area contributed by atoms with Crippen molar-refractivity contribution in [2.75, 3.05) is 31.4 Å². The predicted octanol–water partition coefficient (Wildman–Crippen LogP) is 1.98. The van der Waals surface area contributed by atoms with E-state index in [1.54, 1.807) is 12.1 Å². The van der Waals surface area contributed by atoms with Gasteiger partial charge >= 0.3 is 0 Å². The second-order valence-electron chi connectivity index (χ2n) is 5.93. The van der Waals surface area contributed by atoms with Crippen LogP contribution in [0.5, 0.6) is 0 Å². The summed E-state index contributed by atoms with van der Waals surface area (Å²) in [4.78, 5) is 32.8. The number of aliphatic hydroxyl groups is 2. The van der Waals surface area contributed by atoms with Crippen LogP contribution in [-0.2, 0) is 19.1 Å². The van der Waals surface area contributed by atoms with Gasteiger partial charge in [0.2, 0.25) is 0 Å². The van der Waals surface area contributed by atoms with Crippen LogP contribution in [0.15, 0.2) is 30.3 Å². The van der Waals surface area contributed by atoms with E-state index in [0.717, 1.165) is 33.0 Å². The third-order valence-electron chi connectivity index (χ3n) is 3.43. The Hall–Kier alpha value is -2.49. The molecule has 0 aromatic heterocycles. The Morgan fingerprint density at radius 2 is 1.57 bits per heavy atom. The molecular weight excluding hydrogens is 392 g/mol. The van der Waals surface area contributed by atoms with Gasteiger partial charge < -0.3 is 20.1 Å². The van der Waals surface area contributed by atoms with Gasteiger partial charge in [0.05, 0.1) is 18.9 Å². The predicted molar refractivity (Wildman–Crippen MR) is 115 cm³/mol. The van der Waals surface area contributed by atoms with Gasteiger partial charge in [-0.2, -0.15) is 0 Å². The first-order chi connectivity index (χ1) is 14.3. The number of rotatable bonds is 7. The second-order valence-corrected chi connectivity index (χ2v) is 5.93. The molecule has 1 saturated heterocycles. The number of unbranched alkanes of at least 4 members (excludes halogenated alkanes) is 1. The molecule has 1 unspecified atom stereocenters. The Bertz CT molecular complexity index is 574. The van der Waals surface area contributed by atoms with E-state index in [1.807, 2.05) is 39.0 Å². The van der Waals surface area contributed by atoms with E-state index in [4.69, 9.17) is 24.9 Å². The van der Waals surface area contributed by atoms with Crippen LogP contribution in [0, 0.1) is 5.92 Å². The topological polar surface area (TPSA) is 136 Å². The van der Waals surface area contributed by atoms with Crippen molar-refractivity contribution in [3.63, 3.8) is 0 Å². The Balaban J connectivity index is 0. The lowest BCUT2D eigenvalue weighted by atomic mass is 10.0. The van der Waals surface area contributed by atoms with E-state index < -0.39 is 11.9 Å². The van der Waals surface area contributed by atoms with Crippen molar-refractivity contribution in [1.29, 1.82) is 0 Å². The second kappa shape index (κ2) is 19.8. The van der Waals surface area contributed by atoms with Crippen LogP contribution in [0.4, 0.5) is 5.69 Å². The average Bonchev–Trinajstić information content (AvgIpc) is 3.01. The zero-order chi connectivity index (χ0) is 23.4. The molecule has 0 saturated carbocycles. The highest BCUT2D eigenvalue weighted by Gasteiger charge is 2.39. The molecule has 1 aliphatic rings. The SMILES string of the molecule is CC(=O)O.CCCCC1C(=O)NN(c2ccccc2)C1=O.CCOCC.OCCO. The van der Waals surface area contributed by atoms with Crippen molar-refractivity contribution in [2.24, 2.45) is 5.92 Å². The average molecular weight is 429 g/mol. The van der Waals surface area contributed by atoms with Gasteiger partial charge in [0.25, 0.3) is 17.8 Å². The number of para-hydroxylation sites is 1. The summed E-state index contributed by atoms with van der Waals surface area (Å²) in [6.45, 7) is 8.55. The van der Waals surface area contributed by atoms with Crippen molar-refractivity contribution >= 4 is 23.5 Å². The molecule has 2 amide bonds. The highest BCUT2D eigenvalue weighted by molar-refractivity contribution is 6.14. The summed E-state index contributed by atoms with van der Waals surface area (Å²) in [7, 11) is 0. The molecule has 2 rings (SSSR count). The number of hydrazine groups is 1.